The number of carbonyl (C=O) groups is 1. The Morgan fingerprint density at radius 2 is 1.55 bits per heavy atom. The fraction of sp³-hybridized carbons (Fsp3) is 0.476. The average Bonchev–Trinajstić information content (AvgIpc) is 2.79. The first-order chi connectivity index (χ1) is 14.8. The monoisotopic (exact) mass is 445 g/mol. The maximum absolute atomic E-state index is 13.0. The van der Waals surface area contributed by atoms with Gasteiger partial charge in [-0.1, -0.05) is 0 Å². The van der Waals surface area contributed by atoms with Crippen molar-refractivity contribution in [1.82, 2.24) is 19.2 Å². The molecule has 31 heavy (non-hydrogen) atoms. The van der Waals surface area contributed by atoms with Crippen molar-refractivity contribution in [2.75, 3.05) is 44.2 Å². The van der Waals surface area contributed by atoms with Crippen LogP contribution < -0.4 is 4.90 Å². The molecule has 2 saturated heterocycles. The Labute approximate surface area is 182 Å². The zero-order chi connectivity index (χ0) is 22.0. The lowest BCUT2D eigenvalue weighted by molar-refractivity contribution is -0.0440. The van der Waals surface area contributed by atoms with Crippen molar-refractivity contribution in [1.29, 1.82) is 0 Å². The molecule has 0 bridgehead atoms. The number of ether oxygens (including phenoxy) is 1. The maximum Gasteiger partial charge on any atom is 0.253 e. The van der Waals surface area contributed by atoms with Gasteiger partial charge >= 0.3 is 0 Å². The van der Waals surface area contributed by atoms with Crippen molar-refractivity contribution in [2.45, 2.75) is 31.0 Å². The van der Waals surface area contributed by atoms with Gasteiger partial charge in [-0.05, 0) is 44.2 Å². The molecule has 2 aliphatic rings. The molecule has 1 aromatic heterocycles. The molecule has 0 spiro atoms. The highest BCUT2D eigenvalue weighted by Crippen LogP contribution is 2.22. The van der Waals surface area contributed by atoms with Crippen molar-refractivity contribution in [2.24, 2.45) is 0 Å². The van der Waals surface area contributed by atoms with Crippen molar-refractivity contribution in [3.8, 4) is 0 Å². The Morgan fingerprint density at radius 3 is 2.13 bits per heavy atom. The summed E-state index contributed by atoms with van der Waals surface area (Å²) >= 11 is 0. The topological polar surface area (TPSA) is 95.9 Å². The zero-order valence-electron chi connectivity index (χ0n) is 17.7. The molecule has 0 radical (unpaired) electrons. The van der Waals surface area contributed by atoms with Gasteiger partial charge in [0, 0.05) is 57.2 Å². The Morgan fingerprint density at radius 1 is 0.968 bits per heavy atom. The zero-order valence-corrected chi connectivity index (χ0v) is 18.5. The van der Waals surface area contributed by atoms with Gasteiger partial charge in [0.25, 0.3) is 5.91 Å². The molecule has 3 heterocycles. The number of sulfonamides is 1. The molecule has 10 heteroatoms. The molecule has 0 N–H and O–H groups in total. The highest BCUT2D eigenvalue weighted by Gasteiger charge is 2.32. The fourth-order valence-corrected chi connectivity index (χ4v) is 5.58. The van der Waals surface area contributed by atoms with Gasteiger partial charge in [-0.25, -0.2) is 18.4 Å². The van der Waals surface area contributed by atoms with Crippen LogP contribution in [0.15, 0.2) is 47.6 Å². The first kappa shape index (κ1) is 21.7. The van der Waals surface area contributed by atoms with E-state index in [9.17, 15) is 13.2 Å². The maximum atomic E-state index is 13.0. The van der Waals surface area contributed by atoms with E-state index in [1.807, 2.05) is 18.7 Å². The minimum atomic E-state index is -3.63. The van der Waals surface area contributed by atoms with Gasteiger partial charge in [0.15, 0.2) is 0 Å². The summed E-state index contributed by atoms with van der Waals surface area (Å²) in [5.41, 5.74) is 0.479. The third-order valence-electron chi connectivity index (χ3n) is 5.53. The van der Waals surface area contributed by atoms with E-state index in [-0.39, 0.29) is 23.0 Å². The van der Waals surface area contributed by atoms with Crippen LogP contribution in [0.3, 0.4) is 0 Å². The minimum absolute atomic E-state index is 0.105. The second-order valence-corrected chi connectivity index (χ2v) is 9.87. The second kappa shape index (κ2) is 8.89. The number of carbonyl (C=O) groups excluding carboxylic acids is 1. The van der Waals surface area contributed by atoms with Crippen molar-refractivity contribution in [3.63, 3.8) is 0 Å². The minimum Gasteiger partial charge on any atom is -0.373 e. The lowest BCUT2D eigenvalue weighted by atomic mass is 10.2. The largest absolute Gasteiger partial charge is 0.373 e. The number of hydrogen-bond donors (Lipinski definition) is 0. The van der Waals surface area contributed by atoms with E-state index in [1.54, 1.807) is 35.5 Å². The molecule has 4 rings (SSSR count). The summed E-state index contributed by atoms with van der Waals surface area (Å²) in [6.45, 7) is 6.78. The van der Waals surface area contributed by atoms with Crippen LogP contribution in [0.25, 0.3) is 0 Å². The number of benzene rings is 1. The van der Waals surface area contributed by atoms with E-state index in [4.69, 9.17) is 4.74 Å². The average molecular weight is 446 g/mol. The van der Waals surface area contributed by atoms with Gasteiger partial charge in [-0.15, -0.1) is 0 Å². The number of anilines is 1. The van der Waals surface area contributed by atoms with Crippen LogP contribution in [0, 0.1) is 0 Å². The SMILES string of the molecule is CC1CN(S(=O)(=O)c2ccc(C(=O)N3CCN(c4ncccn4)CC3)cc2)CC(C)O1. The van der Waals surface area contributed by atoms with Gasteiger partial charge < -0.3 is 14.5 Å². The lowest BCUT2D eigenvalue weighted by Gasteiger charge is -2.35. The second-order valence-electron chi connectivity index (χ2n) is 7.93. The Hall–Kier alpha value is -2.56. The summed E-state index contributed by atoms with van der Waals surface area (Å²) in [5.74, 6) is 0.558. The van der Waals surface area contributed by atoms with E-state index in [1.165, 1.54) is 16.4 Å². The van der Waals surface area contributed by atoms with Gasteiger partial charge in [-0.2, -0.15) is 4.31 Å². The summed E-state index contributed by atoms with van der Waals surface area (Å²) < 4.78 is 33.1. The summed E-state index contributed by atoms with van der Waals surface area (Å²) in [7, 11) is -3.63. The van der Waals surface area contributed by atoms with Crippen LogP contribution in [-0.2, 0) is 14.8 Å². The first-order valence-electron chi connectivity index (χ1n) is 10.4. The normalized spacial score (nSPS) is 23.0. The van der Waals surface area contributed by atoms with Crippen LogP contribution >= 0.6 is 0 Å². The molecule has 2 fully saturated rings. The molecule has 2 unspecified atom stereocenters. The van der Waals surface area contributed by atoms with Crippen LogP contribution in [0.5, 0.6) is 0 Å². The summed E-state index contributed by atoms with van der Waals surface area (Å²) in [4.78, 5) is 25.4. The summed E-state index contributed by atoms with van der Waals surface area (Å²) in [6, 6.07) is 7.99. The number of rotatable bonds is 4. The number of aromatic nitrogens is 2. The van der Waals surface area contributed by atoms with E-state index in [0.29, 0.717) is 50.8 Å². The summed E-state index contributed by atoms with van der Waals surface area (Å²) in [6.07, 6.45) is 3.10. The molecular weight excluding hydrogens is 418 g/mol. The predicted octanol–water partition coefficient (Wildman–Crippen LogP) is 1.24. The number of morpholine rings is 1. The molecule has 1 aromatic carbocycles. The molecule has 9 nitrogen and oxygen atoms in total. The van der Waals surface area contributed by atoms with E-state index >= 15 is 0 Å². The Balaban J connectivity index is 1.41. The fourth-order valence-electron chi connectivity index (χ4n) is 3.99. The smallest absolute Gasteiger partial charge is 0.253 e. The summed E-state index contributed by atoms with van der Waals surface area (Å²) in [5, 5.41) is 0. The molecule has 2 aliphatic heterocycles. The van der Waals surface area contributed by atoms with Gasteiger partial charge in [0.2, 0.25) is 16.0 Å². The van der Waals surface area contributed by atoms with Gasteiger partial charge in [0.05, 0.1) is 17.1 Å². The first-order valence-corrected chi connectivity index (χ1v) is 11.9. The van der Waals surface area contributed by atoms with Crippen LogP contribution in [0.1, 0.15) is 24.2 Å². The quantitative estimate of drug-likeness (QED) is 0.699. The molecule has 0 aliphatic carbocycles. The van der Waals surface area contributed by atoms with Gasteiger partial charge in [-0.3, -0.25) is 4.79 Å². The third kappa shape index (κ3) is 4.70. The Bertz CT molecular complexity index is 998. The number of nitrogens with zero attached hydrogens (tertiary/aromatic N) is 5. The molecule has 2 atom stereocenters. The highest BCUT2D eigenvalue weighted by atomic mass is 32.2. The van der Waals surface area contributed by atoms with Crippen LogP contribution in [0.4, 0.5) is 5.95 Å². The van der Waals surface area contributed by atoms with Gasteiger partial charge in [0.1, 0.15) is 0 Å². The molecule has 0 saturated carbocycles. The van der Waals surface area contributed by atoms with Crippen molar-refractivity contribution < 1.29 is 17.9 Å². The van der Waals surface area contributed by atoms with Crippen LogP contribution in [-0.4, -0.2) is 85.0 Å². The molecular formula is C21H27N5O4S. The van der Waals surface area contributed by atoms with E-state index in [0.717, 1.165) is 0 Å². The third-order valence-corrected chi connectivity index (χ3v) is 7.37. The molecule has 2 aromatic rings. The van der Waals surface area contributed by atoms with E-state index in [2.05, 4.69) is 9.97 Å². The number of amides is 1. The number of hydrogen-bond acceptors (Lipinski definition) is 7. The van der Waals surface area contributed by atoms with Crippen molar-refractivity contribution in [3.05, 3.63) is 48.3 Å². The van der Waals surface area contributed by atoms with E-state index < -0.39 is 10.0 Å². The predicted molar refractivity (Wildman–Crippen MR) is 115 cm³/mol. The lowest BCUT2D eigenvalue weighted by Crippen LogP contribution is -2.49. The van der Waals surface area contributed by atoms with Crippen molar-refractivity contribution >= 4 is 21.9 Å². The standard InChI is InChI=1S/C21H27N5O4S/c1-16-14-26(15-17(2)30-16)31(28,29)19-6-4-18(5-7-19)20(27)24-10-12-25(13-11-24)21-22-8-3-9-23-21/h3-9,16-17H,10-15H2,1-2H3. The molecule has 166 valence electrons. The van der Waals surface area contributed by atoms with Crippen LogP contribution in [0.2, 0.25) is 0 Å². The Kier molecular flexibility index (Phi) is 6.22. The number of piperazine rings is 1. The molecule has 1 amide bonds. The highest BCUT2D eigenvalue weighted by molar-refractivity contribution is 7.89.